The third-order valence-electron chi connectivity index (χ3n) is 2.89. The van der Waals surface area contributed by atoms with Gasteiger partial charge in [-0.3, -0.25) is 9.97 Å². The number of hydrogen-bond acceptors (Lipinski definition) is 3. The van der Waals surface area contributed by atoms with E-state index in [2.05, 4.69) is 33.5 Å². The van der Waals surface area contributed by atoms with Crippen LogP contribution in [0, 0.1) is 0 Å². The second kappa shape index (κ2) is 4.84. The number of hydrogen-bond donors (Lipinski definition) is 1. The summed E-state index contributed by atoms with van der Waals surface area (Å²) in [5, 5.41) is 5.76. The van der Waals surface area contributed by atoms with Crippen molar-refractivity contribution in [2.75, 3.05) is 5.32 Å². The van der Waals surface area contributed by atoms with E-state index < -0.39 is 0 Å². The molecule has 88 valence electrons. The fraction of sp³-hybridized carbons (Fsp3) is 0.0667. The highest BCUT2D eigenvalue weighted by Gasteiger charge is 2.00. The van der Waals surface area contributed by atoms with Crippen LogP contribution in [-0.2, 0) is 6.54 Å². The van der Waals surface area contributed by atoms with Crippen LogP contribution < -0.4 is 5.32 Å². The van der Waals surface area contributed by atoms with Crippen LogP contribution >= 0.6 is 0 Å². The van der Waals surface area contributed by atoms with Gasteiger partial charge in [0, 0.05) is 42.4 Å². The Bertz CT molecular complexity index is 645. The van der Waals surface area contributed by atoms with E-state index in [1.54, 1.807) is 6.20 Å². The van der Waals surface area contributed by atoms with Crippen LogP contribution in [0.4, 0.5) is 5.69 Å². The van der Waals surface area contributed by atoms with Crippen LogP contribution in [0.5, 0.6) is 0 Å². The average Bonchev–Trinajstić information content (AvgIpc) is 2.46. The van der Waals surface area contributed by atoms with Gasteiger partial charge < -0.3 is 5.32 Å². The number of fused-ring (bicyclic) bond motifs is 1. The van der Waals surface area contributed by atoms with Crippen molar-refractivity contribution in [3.8, 4) is 0 Å². The Morgan fingerprint density at radius 3 is 2.72 bits per heavy atom. The van der Waals surface area contributed by atoms with E-state index in [9.17, 15) is 0 Å². The largest absolute Gasteiger partial charge is 0.380 e. The van der Waals surface area contributed by atoms with Gasteiger partial charge in [-0.2, -0.15) is 0 Å². The molecule has 2 aromatic heterocycles. The number of nitrogens with zero attached hydrogens (tertiary/aromatic N) is 2. The third kappa shape index (κ3) is 2.15. The van der Waals surface area contributed by atoms with Gasteiger partial charge in [0.1, 0.15) is 0 Å². The minimum Gasteiger partial charge on any atom is -0.380 e. The van der Waals surface area contributed by atoms with Gasteiger partial charge in [0.15, 0.2) is 0 Å². The zero-order valence-corrected chi connectivity index (χ0v) is 9.88. The van der Waals surface area contributed by atoms with Crippen molar-refractivity contribution in [3.63, 3.8) is 0 Å². The van der Waals surface area contributed by atoms with Gasteiger partial charge in [0.2, 0.25) is 0 Å². The van der Waals surface area contributed by atoms with E-state index in [0.29, 0.717) is 0 Å². The lowest BCUT2D eigenvalue weighted by Gasteiger charge is -2.09. The van der Waals surface area contributed by atoms with E-state index in [1.165, 1.54) is 10.9 Å². The molecular formula is C15H13N3. The van der Waals surface area contributed by atoms with Crippen LogP contribution in [0.3, 0.4) is 0 Å². The molecule has 0 aliphatic rings. The molecule has 3 nitrogen and oxygen atoms in total. The van der Waals surface area contributed by atoms with Gasteiger partial charge in [0.25, 0.3) is 0 Å². The molecule has 0 saturated carbocycles. The number of anilines is 1. The van der Waals surface area contributed by atoms with E-state index in [4.69, 9.17) is 0 Å². The highest BCUT2D eigenvalue weighted by molar-refractivity contribution is 5.92. The Kier molecular flexibility index (Phi) is 2.88. The summed E-state index contributed by atoms with van der Waals surface area (Å²) in [7, 11) is 0. The Labute approximate surface area is 106 Å². The molecule has 1 aromatic carbocycles. The molecule has 18 heavy (non-hydrogen) atoms. The average molecular weight is 235 g/mol. The number of aromatic nitrogens is 2. The van der Waals surface area contributed by atoms with E-state index in [-0.39, 0.29) is 0 Å². The summed E-state index contributed by atoms with van der Waals surface area (Å²) in [6.07, 6.45) is 7.36. The molecular weight excluding hydrogens is 222 g/mol. The van der Waals surface area contributed by atoms with Crippen LogP contribution in [-0.4, -0.2) is 9.97 Å². The van der Waals surface area contributed by atoms with E-state index >= 15 is 0 Å². The topological polar surface area (TPSA) is 37.8 Å². The minimum absolute atomic E-state index is 0.766. The number of nitrogens with one attached hydrogen (secondary N) is 1. The number of rotatable bonds is 3. The summed E-state index contributed by atoms with van der Waals surface area (Å²) in [5.74, 6) is 0. The Morgan fingerprint density at radius 2 is 1.83 bits per heavy atom. The molecule has 0 fully saturated rings. The molecule has 1 N–H and O–H groups in total. The minimum atomic E-state index is 0.766. The van der Waals surface area contributed by atoms with E-state index in [0.717, 1.165) is 17.6 Å². The smallest absolute Gasteiger partial charge is 0.0438 e. The zero-order valence-electron chi connectivity index (χ0n) is 9.88. The lowest BCUT2D eigenvalue weighted by molar-refractivity contribution is 1.12. The van der Waals surface area contributed by atoms with Gasteiger partial charge in [-0.15, -0.1) is 0 Å². The van der Waals surface area contributed by atoms with Crippen LogP contribution in [0.25, 0.3) is 10.8 Å². The van der Waals surface area contributed by atoms with Gasteiger partial charge >= 0.3 is 0 Å². The first-order chi connectivity index (χ1) is 8.93. The Morgan fingerprint density at radius 1 is 0.889 bits per heavy atom. The second-order valence-corrected chi connectivity index (χ2v) is 4.12. The fourth-order valence-electron chi connectivity index (χ4n) is 1.97. The summed E-state index contributed by atoms with van der Waals surface area (Å²) in [6.45, 7) is 0.766. The van der Waals surface area contributed by atoms with E-state index in [1.807, 2.05) is 36.8 Å². The second-order valence-electron chi connectivity index (χ2n) is 4.12. The predicted molar refractivity (Wildman–Crippen MR) is 73.3 cm³/mol. The number of pyridine rings is 2. The standard InChI is InChI=1S/C15H13N3/c1-4-13-6-8-17-11-14(13)15(5-1)18-10-12-3-2-7-16-9-12/h1-9,11,18H,10H2. The first kappa shape index (κ1) is 10.7. The van der Waals surface area contributed by atoms with Gasteiger partial charge in [0.05, 0.1) is 0 Å². The van der Waals surface area contributed by atoms with Gasteiger partial charge in [-0.1, -0.05) is 18.2 Å². The summed E-state index contributed by atoms with van der Waals surface area (Å²) >= 11 is 0. The maximum atomic E-state index is 4.18. The SMILES string of the molecule is c1cncc(CNc2cccc3ccncc23)c1. The summed E-state index contributed by atoms with van der Waals surface area (Å²) < 4.78 is 0. The fourth-order valence-corrected chi connectivity index (χ4v) is 1.97. The highest BCUT2D eigenvalue weighted by Crippen LogP contribution is 2.22. The summed E-state index contributed by atoms with van der Waals surface area (Å²) in [4.78, 5) is 8.28. The van der Waals surface area contributed by atoms with Crippen molar-refractivity contribution >= 4 is 16.5 Å². The quantitative estimate of drug-likeness (QED) is 0.757. The lowest BCUT2D eigenvalue weighted by atomic mass is 10.1. The predicted octanol–water partition coefficient (Wildman–Crippen LogP) is 3.24. The zero-order chi connectivity index (χ0) is 12.2. The Hall–Kier alpha value is -2.42. The first-order valence-electron chi connectivity index (χ1n) is 5.89. The van der Waals surface area contributed by atoms with Crippen molar-refractivity contribution in [2.45, 2.75) is 6.54 Å². The molecule has 0 atom stereocenters. The van der Waals surface area contributed by atoms with Crippen LogP contribution in [0.15, 0.2) is 61.2 Å². The normalized spacial score (nSPS) is 10.4. The molecule has 0 amide bonds. The van der Waals surface area contributed by atoms with Crippen molar-refractivity contribution in [1.29, 1.82) is 0 Å². The summed E-state index contributed by atoms with van der Waals surface area (Å²) in [5.41, 5.74) is 2.27. The molecule has 0 radical (unpaired) electrons. The highest BCUT2D eigenvalue weighted by atomic mass is 14.9. The maximum Gasteiger partial charge on any atom is 0.0438 e. The molecule has 0 spiro atoms. The van der Waals surface area contributed by atoms with Crippen LogP contribution in [0.2, 0.25) is 0 Å². The monoisotopic (exact) mass is 235 g/mol. The van der Waals surface area contributed by atoms with Gasteiger partial charge in [-0.25, -0.2) is 0 Å². The molecule has 0 aliphatic carbocycles. The van der Waals surface area contributed by atoms with Gasteiger partial charge in [-0.05, 0) is 29.1 Å². The lowest BCUT2D eigenvalue weighted by Crippen LogP contribution is -2.00. The third-order valence-corrected chi connectivity index (χ3v) is 2.89. The molecule has 0 saturated heterocycles. The molecule has 0 bridgehead atoms. The van der Waals surface area contributed by atoms with Crippen molar-refractivity contribution in [1.82, 2.24) is 9.97 Å². The van der Waals surface area contributed by atoms with Crippen molar-refractivity contribution < 1.29 is 0 Å². The Balaban J connectivity index is 1.87. The molecule has 3 rings (SSSR count). The van der Waals surface area contributed by atoms with Crippen molar-refractivity contribution in [3.05, 3.63) is 66.7 Å². The number of benzene rings is 1. The molecule has 3 heteroatoms. The maximum absolute atomic E-state index is 4.18. The van der Waals surface area contributed by atoms with Crippen molar-refractivity contribution in [2.24, 2.45) is 0 Å². The first-order valence-corrected chi connectivity index (χ1v) is 5.89. The van der Waals surface area contributed by atoms with Crippen LogP contribution in [0.1, 0.15) is 5.56 Å². The molecule has 3 aromatic rings. The molecule has 2 heterocycles. The molecule has 0 aliphatic heterocycles. The molecule has 0 unspecified atom stereocenters. The summed E-state index contributed by atoms with van der Waals surface area (Å²) in [6, 6.07) is 12.2.